The fourth-order valence-electron chi connectivity index (χ4n) is 1.36. The van der Waals surface area contributed by atoms with Gasteiger partial charge in [-0.05, 0) is 6.42 Å². The molecule has 2 heterocycles. The van der Waals surface area contributed by atoms with E-state index in [0.717, 1.165) is 6.42 Å². The number of rotatable bonds is 7. The summed E-state index contributed by atoms with van der Waals surface area (Å²) in [4.78, 5) is 15.9. The van der Waals surface area contributed by atoms with Crippen LogP contribution in [0.25, 0.3) is 5.95 Å². The summed E-state index contributed by atoms with van der Waals surface area (Å²) in [5.41, 5.74) is 0. The molecule has 0 aromatic carbocycles. The molecule has 0 atom stereocenters. The zero-order valence-electron chi connectivity index (χ0n) is 10.8. The molecule has 0 amide bonds. The van der Waals surface area contributed by atoms with E-state index in [4.69, 9.17) is 4.74 Å². The predicted molar refractivity (Wildman–Crippen MR) is 67.2 cm³/mol. The first-order valence-electron chi connectivity index (χ1n) is 6.08. The van der Waals surface area contributed by atoms with Gasteiger partial charge < -0.3 is 10.1 Å². The van der Waals surface area contributed by atoms with E-state index in [0.29, 0.717) is 6.54 Å². The Hall–Kier alpha value is -2.32. The van der Waals surface area contributed by atoms with E-state index in [-0.39, 0.29) is 17.9 Å². The Kier molecular flexibility index (Phi) is 4.75. The smallest absolute Gasteiger partial charge is 0.323 e. The number of imidazole rings is 1. The Morgan fingerprint density at radius 1 is 1.35 bits per heavy atom. The second-order valence-corrected chi connectivity index (χ2v) is 3.84. The molecule has 20 heavy (non-hydrogen) atoms. The van der Waals surface area contributed by atoms with E-state index in [9.17, 15) is 8.78 Å². The lowest BCUT2D eigenvalue weighted by Gasteiger charge is -2.09. The number of anilines is 1. The average molecular weight is 284 g/mol. The minimum atomic E-state index is -2.59. The van der Waals surface area contributed by atoms with Crippen LogP contribution in [0.4, 0.5) is 14.7 Å². The fraction of sp³-hybridized carbons (Fsp3) is 0.455. The highest BCUT2D eigenvalue weighted by molar-refractivity contribution is 5.30. The van der Waals surface area contributed by atoms with Crippen LogP contribution < -0.4 is 10.1 Å². The Bertz CT molecular complexity index is 534. The second-order valence-electron chi connectivity index (χ2n) is 3.84. The van der Waals surface area contributed by atoms with E-state index in [1.54, 1.807) is 12.4 Å². The molecule has 2 aromatic rings. The van der Waals surface area contributed by atoms with Gasteiger partial charge in [-0.15, -0.1) is 0 Å². The maximum absolute atomic E-state index is 12.2. The molecule has 0 aliphatic heterocycles. The zero-order valence-corrected chi connectivity index (χ0v) is 10.8. The average Bonchev–Trinajstić information content (AvgIpc) is 2.97. The summed E-state index contributed by atoms with van der Waals surface area (Å²) >= 11 is 0. The molecule has 0 fully saturated rings. The number of aromatic nitrogens is 5. The zero-order chi connectivity index (χ0) is 14.4. The number of nitrogens with one attached hydrogen (secondary N) is 1. The van der Waals surface area contributed by atoms with Crippen molar-refractivity contribution in [2.24, 2.45) is 0 Å². The van der Waals surface area contributed by atoms with Crippen molar-refractivity contribution in [2.45, 2.75) is 19.8 Å². The predicted octanol–water partition coefficient (Wildman–Crippen LogP) is 1.52. The first kappa shape index (κ1) is 14.1. The van der Waals surface area contributed by atoms with Gasteiger partial charge in [0.15, 0.2) is 6.61 Å². The number of ether oxygens (including phenoxy) is 1. The molecule has 0 bridgehead atoms. The maximum atomic E-state index is 12.2. The molecule has 0 radical (unpaired) electrons. The van der Waals surface area contributed by atoms with Gasteiger partial charge in [0.05, 0.1) is 0 Å². The van der Waals surface area contributed by atoms with Gasteiger partial charge in [-0.2, -0.15) is 15.0 Å². The van der Waals surface area contributed by atoms with Gasteiger partial charge >= 0.3 is 6.01 Å². The van der Waals surface area contributed by atoms with Gasteiger partial charge in [-0.3, -0.25) is 4.57 Å². The molecule has 0 saturated carbocycles. The summed E-state index contributed by atoms with van der Waals surface area (Å²) in [5, 5.41) is 2.96. The maximum Gasteiger partial charge on any atom is 0.323 e. The third-order valence-corrected chi connectivity index (χ3v) is 2.21. The standard InChI is InChI=1S/C11H14F2N6O/c1-2-3-15-9-16-10(19-5-4-14-7-19)18-11(17-9)20-6-8(12)13/h4-5,7-8H,2-3,6H2,1H3,(H,15,16,17,18). The molecule has 2 rings (SSSR count). The van der Waals surface area contributed by atoms with Crippen LogP contribution in [0.1, 0.15) is 13.3 Å². The number of alkyl halides is 2. The number of hydrogen-bond donors (Lipinski definition) is 1. The van der Waals surface area contributed by atoms with Crippen molar-refractivity contribution >= 4 is 5.95 Å². The number of nitrogens with zero attached hydrogens (tertiary/aromatic N) is 5. The lowest BCUT2D eigenvalue weighted by Crippen LogP contribution is -2.14. The summed E-state index contributed by atoms with van der Waals surface area (Å²) in [6.07, 6.45) is 2.98. The van der Waals surface area contributed by atoms with Crippen LogP contribution in [-0.4, -0.2) is 44.1 Å². The molecule has 0 aliphatic carbocycles. The summed E-state index contributed by atoms with van der Waals surface area (Å²) in [5.74, 6) is 0.523. The SMILES string of the molecule is CCCNc1nc(OCC(F)F)nc(-n2ccnc2)n1. The molecule has 2 aromatic heterocycles. The molecule has 0 unspecified atom stereocenters. The van der Waals surface area contributed by atoms with Crippen molar-refractivity contribution in [3.8, 4) is 12.0 Å². The van der Waals surface area contributed by atoms with Crippen LogP contribution in [0, 0.1) is 0 Å². The van der Waals surface area contributed by atoms with E-state index < -0.39 is 13.0 Å². The van der Waals surface area contributed by atoms with Crippen LogP contribution in [0.15, 0.2) is 18.7 Å². The van der Waals surface area contributed by atoms with Crippen LogP contribution in [0.5, 0.6) is 6.01 Å². The summed E-state index contributed by atoms with van der Waals surface area (Å²) in [7, 11) is 0. The van der Waals surface area contributed by atoms with Gasteiger partial charge in [-0.1, -0.05) is 6.92 Å². The molecule has 0 saturated heterocycles. The monoisotopic (exact) mass is 284 g/mol. The van der Waals surface area contributed by atoms with Crippen LogP contribution in [0.2, 0.25) is 0 Å². The van der Waals surface area contributed by atoms with Crippen molar-refractivity contribution < 1.29 is 13.5 Å². The van der Waals surface area contributed by atoms with Crippen molar-refractivity contribution in [3.05, 3.63) is 18.7 Å². The Morgan fingerprint density at radius 2 is 2.20 bits per heavy atom. The molecule has 7 nitrogen and oxygen atoms in total. The summed E-state index contributed by atoms with van der Waals surface area (Å²) < 4.78 is 30.7. The molecule has 0 spiro atoms. The minimum absolute atomic E-state index is 0.150. The molecular weight excluding hydrogens is 270 g/mol. The van der Waals surface area contributed by atoms with Gasteiger partial charge in [0.1, 0.15) is 6.33 Å². The largest absolute Gasteiger partial charge is 0.457 e. The van der Waals surface area contributed by atoms with Crippen LogP contribution in [0.3, 0.4) is 0 Å². The Balaban J connectivity index is 2.24. The van der Waals surface area contributed by atoms with Crippen molar-refractivity contribution in [1.29, 1.82) is 0 Å². The van der Waals surface area contributed by atoms with Crippen LogP contribution in [-0.2, 0) is 0 Å². The Morgan fingerprint density at radius 3 is 2.85 bits per heavy atom. The van der Waals surface area contributed by atoms with E-state index in [1.165, 1.54) is 10.9 Å². The minimum Gasteiger partial charge on any atom is -0.457 e. The molecule has 1 N–H and O–H groups in total. The van der Waals surface area contributed by atoms with Crippen LogP contribution >= 0.6 is 0 Å². The number of hydrogen-bond acceptors (Lipinski definition) is 6. The van der Waals surface area contributed by atoms with E-state index in [2.05, 4.69) is 25.3 Å². The number of halogens is 2. The molecule has 108 valence electrons. The highest BCUT2D eigenvalue weighted by Crippen LogP contribution is 2.11. The lowest BCUT2D eigenvalue weighted by molar-refractivity contribution is 0.0769. The van der Waals surface area contributed by atoms with Crippen molar-refractivity contribution in [1.82, 2.24) is 24.5 Å². The van der Waals surface area contributed by atoms with E-state index in [1.807, 2.05) is 6.92 Å². The first-order valence-corrected chi connectivity index (χ1v) is 6.08. The normalized spacial score (nSPS) is 10.8. The summed E-state index contributed by atoms with van der Waals surface area (Å²) in [6, 6.07) is -0.150. The van der Waals surface area contributed by atoms with Crippen molar-refractivity contribution in [2.75, 3.05) is 18.5 Å². The van der Waals surface area contributed by atoms with Crippen molar-refractivity contribution in [3.63, 3.8) is 0 Å². The lowest BCUT2D eigenvalue weighted by atomic mass is 10.5. The first-order chi connectivity index (χ1) is 9.69. The third kappa shape index (κ3) is 3.84. The second kappa shape index (κ2) is 6.73. The topological polar surface area (TPSA) is 77.8 Å². The van der Waals surface area contributed by atoms with Gasteiger partial charge in [0, 0.05) is 18.9 Å². The Labute approximate surface area is 114 Å². The molecule has 0 aliphatic rings. The van der Waals surface area contributed by atoms with E-state index >= 15 is 0 Å². The highest BCUT2D eigenvalue weighted by Gasteiger charge is 2.11. The van der Waals surface area contributed by atoms with Gasteiger partial charge in [-0.25, -0.2) is 13.8 Å². The van der Waals surface area contributed by atoms with Gasteiger partial charge in [0.2, 0.25) is 11.9 Å². The quantitative estimate of drug-likeness (QED) is 0.830. The molecular formula is C11H14F2N6O. The third-order valence-electron chi connectivity index (χ3n) is 2.21. The fourth-order valence-corrected chi connectivity index (χ4v) is 1.36. The molecule has 9 heteroatoms. The highest BCUT2D eigenvalue weighted by atomic mass is 19.3. The summed E-state index contributed by atoms with van der Waals surface area (Å²) in [6.45, 7) is 1.88. The van der Waals surface area contributed by atoms with Gasteiger partial charge in [0.25, 0.3) is 6.43 Å².